The third kappa shape index (κ3) is 3.12. The molecule has 0 saturated carbocycles. The van der Waals surface area contributed by atoms with Gasteiger partial charge in [-0.3, -0.25) is 10.1 Å². The largest absolute Gasteiger partial charge is 0.402 e. The number of halogens is 1. The number of aliphatic imine (C=N–C) groups is 1. The van der Waals surface area contributed by atoms with Crippen molar-refractivity contribution in [1.29, 1.82) is 0 Å². The molecule has 0 aromatic heterocycles. The maximum Gasteiger partial charge on any atom is 0.363 e. The van der Waals surface area contributed by atoms with Gasteiger partial charge >= 0.3 is 5.97 Å². The van der Waals surface area contributed by atoms with E-state index in [1.165, 1.54) is 18.2 Å². The minimum Gasteiger partial charge on any atom is -0.402 e. The van der Waals surface area contributed by atoms with Crippen LogP contribution in [0.15, 0.2) is 59.2 Å². The number of carbonyl (C=O) groups is 1. The highest BCUT2D eigenvalue weighted by molar-refractivity contribution is 6.31. The molecule has 1 aliphatic heterocycles. The second kappa shape index (κ2) is 6.02. The molecule has 0 fully saturated rings. The number of nitro groups is 1. The molecule has 0 bridgehead atoms. The molecular weight excluding hydrogens is 320 g/mol. The maximum absolute atomic E-state index is 11.9. The van der Waals surface area contributed by atoms with Gasteiger partial charge in [0.15, 0.2) is 5.70 Å². The summed E-state index contributed by atoms with van der Waals surface area (Å²) in [5, 5.41) is 11.5. The predicted octanol–water partition coefficient (Wildman–Crippen LogP) is 3.59. The summed E-state index contributed by atoms with van der Waals surface area (Å²) in [5.41, 5.74) is 0.714. The van der Waals surface area contributed by atoms with E-state index in [-0.39, 0.29) is 22.8 Å². The van der Waals surface area contributed by atoms with Crippen molar-refractivity contribution in [3.8, 4) is 0 Å². The lowest BCUT2D eigenvalue weighted by Crippen LogP contribution is -2.05. The van der Waals surface area contributed by atoms with Crippen LogP contribution in [0, 0.1) is 10.1 Å². The first-order valence-corrected chi connectivity index (χ1v) is 6.94. The van der Waals surface area contributed by atoms with Gasteiger partial charge in [0.2, 0.25) is 5.90 Å². The molecule has 0 spiro atoms. The van der Waals surface area contributed by atoms with Gasteiger partial charge in [-0.25, -0.2) is 9.79 Å². The van der Waals surface area contributed by atoms with Crippen LogP contribution in [0.3, 0.4) is 0 Å². The predicted molar refractivity (Wildman–Crippen MR) is 85.2 cm³/mol. The third-order valence-corrected chi connectivity index (χ3v) is 3.35. The number of nitro benzene ring substituents is 1. The number of ether oxygens (including phenoxy) is 1. The molecule has 0 amide bonds. The van der Waals surface area contributed by atoms with E-state index in [4.69, 9.17) is 16.3 Å². The fraction of sp³-hybridized carbons (Fsp3) is 0. The first-order valence-electron chi connectivity index (χ1n) is 6.56. The van der Waals surface area contributed by atoms with Crippen LogP contribution in [0.1, 0.15) is 11.1 Å². The average Bonchev–Trinajstić information content (AvgIpc) is 2.89. The van der Waals surface area contributed by atoms with Crippen LogP contribution in [0.25, 0.3) is 6.08 Å². The Morgan fingerprint density at radius 2 is 1.96 bits per heavy atom. The number of hydrogen-bond donors (Lipinski definition) is 0. The van der Waals surface area contributed by atoms with Gasteiger partial charge in [-0.15, -0.1) is 0 Å². The number of benzene rings is 2. The molecule has 0 radical (unpaired) electrons. The van der Waals surface area contributed by atoms with Crippen molar-refractivity contribution in [3.63, 3.8) is 0 Å². The molecule has 0 unspecified atom stereocenters. The topological polar surface area (TPSA) is 81.8 Å². The Morgan fingerprint density at radius 3 is 2.70 bits per heavy atom. The van der Waals surface area contributed by atoms with E-state index in [1.54, 1.807) is 36.4 Å². The minimum absolute atomic E-state index is 0.00530. The maximum atomic E-state index is 11.9. The third-order valence-electron chi connectivity index (χ3n) is 3.12. The van der Waals surface area contributed by atoms with Crippen LogP contribution in [0.2, 0.25) is 5.02 Å². The molecule has 7 heteroatoms. The molecule has 0 atom stereocenters. The fourth-order valence-corrected chi connectivity index (χ4v) is 2.27. The first kappa shape index (κ1) is 14.9. The van der Waals surface area contributed by atoms with Gasteiger partial charge in [0.1, 0.15) is 0 Å². The molecule has 114 valence electrons. The van der Waals surface area contributed by atoms with E-state index < -0.39 is 10.9 Å². The van der Waals surface area contributed by atoms with Crippen molar-refractivity contribution in [2.24, 2.45) is 4.99 Å². The lowest BCUT2D eigenvalue weighted by Gasteiger charge is -1.99. The lowest BCUT2D eigenvalue weighted by molar-refractivity contribution is -0.385. The number of nitrogens with zero attached hydrogens (tertiary/aromatic N) is 2. The molecule has 2 aromatic carbocycles. The molecule has 3 rings (SSSR count). The summed E-state index contributed by atoms with van der Waals surface area (Å²) < 4.78 is 5.10. The average molecular weight is 329 g/mol. The SMILES string of the molecule is O=C1OC(c2cccc(Cl)c2)=N/C1=C/c1ccccc1[N+](=O)[O-]. The number of carbonyl (C=O) groups excluding carboxylic acids is 1. The Hall–Kier alpha value is -2.99. The van der Waals surface area contributed by atoms with Gasteiger partial charge < -0.3 is 4.74 Å². The summed E-state index contributed by atoms with van der Waals surface area (Å²) in [4.78, 5) is 26.5. The van der Waals surface area contributed by atoms with Gasteiger partial charge in [0, 0.05) is 16.7 Å². The normalized spacial score (nSPS) is 15.4. The van der Waals surface area contributed by atoms with Crippen molar-refractivity contribution in [2.75, 3.05) is 0 Å². The molecule has 1 aliphatic rings. The summed E-state index contributed by atoms with van der Waals surface area (Å²) >= 11 is 5.90. The summed E-state index contributed by atoms with van der Waals surface area (Å²) in [7, 11) is 0. The van der Waals surface area contributed by atoms with Crippen molar-refractivity contribution in [1.82, 2.24) is 0 Å². The zero-order valence-corrected chi connectivity index (χ0v) is 12.4. The Morgan fingerprint density at radius 1 is 1.17 bits per heavy atom. The Labute approximate surface area is 135 Å². The van der Waals surface area contributed by atoms with Crippen LogP contribution >= 0.6 is 11.6 Å². The number of cyclic esters (lactones) is 1. The van der Waals surface area contributed by atoms with Crippen LogP contribution in [0.5, 0.6) is 0 Å². The zero-order valence-electron chi connectivity index (χ0n) is 11.6. The number of hydrogen-bond acceptors (Lipinski definition) is 5. The zero-order chi connectivity index (χ0) is 16.4. The second-order valence-corrected chi connectivity index (χ2v) is 5.10. The number of rotatable bonds is 3. The molecule has 23 heavy (non-hydrogen) atoms. The second-order valence-electron chi connectivity index (χ2n) is 4.66. The van der Waals surface area contributed by atoms with Crippen LogP contribution in [-0.4, -0.2) is 16.8 Å². The van der Waals surface area contributed by atoms with Crippen molar-refractivity contribution < 1.29 is 14.5 Å². The van der Waals surface area contributed by atoms with Crippen LogP contribution in [-0.2, 0) is 9.53 Å². The highest BCUT2D eigenvalue weighted by Crippen LogP contribution is 2.25. The van der Waals surface area contributed by atoms with Crippen LogP contribution < -0.4 is 0 Å². The Kier molecular flexibility index (Phi) is 3.91. The van der Waals surface area contributed by atoms with Gasteiger partial charge in [-0.05, 0) is 30.3 Å². The molecule has 6 nitrogen and oxygen atoms in total. The van der Waals surface area contributed by atoms with Gasteiger partial charge in [-0.1, -0.05) is 29.8 Å². The Balaban J connectivity index is 2.01. The fourth-order valence-electron chi connectivity index (χ4n) is 2.08. The van der Waals surface area contributed by atoms with Crippen molar-refractivity contribution in [2.45, 2.75) is 0 Å². The van der Waals surface area contributed by atoms with E-state index in [0.717, 1.165) is 0 Å². The summed E-state index contributed by atoms with van der Waals surface area (Å²) in [6, 6.07) is 12.8. The van der Waals surface area contributed by atoms with E-state index in [9.17, 15) is 14.9 Å². The smallest absolute Gasteiger partial charge is 0.363 e. The van der Waals surface area contributed by atoms with Crippen molar-refractivity contribution >= 4 is 35.2 Å². The van der Waals surface area contributed by atoms with Gasteiger partial charge in [0.25, 0.3) is 5.69 Å². The Bertz CT molecular complexity index is 874. The molecule has 0 aliphatic carbocycles. The highest BCUT2D eigenvalue weighted by Gasteiger charge is 2.25. The molecule has 0 saturated heterocycles. The molecule has 1 heterocycles. The number of esters is 1. The van der Waals surface area contributed by atoms with Gasteiger partial charge in [-0.2, -0.15) is 0 Å². The van der Waals surface area contributed by atoms with Gasteiger partial charge in [0.05, 0.1) is 10.5 Å². The summed E-state index contributed by atoms with van der Waals surface area (Å²) in [6.45, 7) is 0. The van der Waals surface area contributed by atoms with Crippen molar-refractivity contribution in [3.05, 3.63) is 80.5 Å². The van der Waals surface area contributed by atoms with E-state index in [2.05, 4.69) is 4.99 Å². The molecule has 2 aromatic rings. The minimum atomic E-state index is -0.668. The standard InChI is InChI=1S/C16H9ClN2O4/c17-12-6-3-5-11(8-12)15-18-13(16(20)23-15)9-10-4-1-2-7-14(10)19(21)22/h1-9H/b13-9+. The van der Waals surface area contributed by atoms with E-state index in [1.807, 2.05) is 0 Å². The monoisotopic (exact) mass is 328 g/mol. The molecular formula is C16H9ClN2O4. The molecule has 0 N–H and O–H groups in total. The quantitative estimate of drug-likeness (QED) is 0.373. The highest BCUT2D eigenvalue weighted by atomic mass is 35.5. The number of para-hydroxylation sites is 1. The van der Waals surface area contributed by atoms with Crippen LogP contribution in [0.4, 0.5) is 5.69 Å². The van der Waals surface area contributed by atoms with E-state index >= 15 is 0 Å². The summed E-state index contributed by atoms with van der Waals surface area (Å²) in [6.07, 6.45) is 1.33. The first-order chi connectivity index (χ1) is 11.0. The summed E-state index contributed by atoms with van der Waals surface area (Å²) in [5.74, 6) is -0.555. The lowest BCUT2D eigenvalue weighted by atomic mass is 10.1. The van der Waals surface area contributed by atoms with E-state index in [0.29, 0.717) is 10.6 Å².